The van der Waals surface area contributed by atoms with E-state index in [-0.39, 0.29) is 11.7 Å². The predicted molar refractivity (Wildman–Crippen MR) is 82.0 cm³/mol. The van der Waals surface area contributed by atoms with E-state index in [0.29, 0.717) is 22.2 Å². The average molecular weight is 295 g/mol. The molecule has 1 atom stereocenters. The Morgan fingerprint density at radius 3 is 2.55 bits per heavy atom. The Kier molecular flexibility index (Phi) is 3.48. The highest BCUT2D eigenvalue weighted by molar-refractivity contribution is 5.96. The van der Waals surface area contributed by atoms with Crippen LogP contribution in [0.1, 0.15) is 18.5 Å². The summed E-state index contributed by atoms with van der Waals surface area (Å²) in [6.07, 6.45) is 6.30. The van der Waals surface area contributed by atoms with Crippen molar-refractivity contribution < 1.29 is 4.92 Å². The summed E-state index contributed by atoms with van der Waals surface area (Å²) in [6, 6.07) is 4.84. The molecule has 0 aliphatic carbocycles. The van der Waals surface area contributed by atoms with E-state index in [1.807, 2.05) is 6.92 Å². The first-order chi connectivity index (χ1) is 10.6. The highest BCUT2D eigenvalue weighted by Crippen LogP contribution is 2.34. The van der Waals surface area contributed by atoms with Gasteiger partial charge in [-0.2, -0.15) is 0 Å². The molecule has 0 fully saturated rings. The number of pyridine rings is 1. The van der Waals surface area contributed by atoms with Crippen molar-refractivity contribution in [3.63, 3.8) is 0 Å². The highest BCUT2D eigenvalue weighted by Gasteiger charge is 2.21. The Balaban J connectivity index is 2.22. The largest absolute Gasteiger partial charge is 0.324 e. The van der Waals surface area contributed by atoms with Crippen molar-refractivity contribution in [2.24, 2.45) is 5.73 Å². The van der Waals surface area contributed by atoms with Gasteiger partial charge in [-0.1, -0.05) is 6.07 Å². The smallest absolute Gasteiger partial charge is 0.288 e. The molecule has 0 radical (unpaired) electrons. The van der Waals surface area contributed by atoms with Gasteiger partial charge in [0.1, 0.15) is 0 Å². The lowest BCUT2D eigenvalue weighted by Gasteiger charge is -2.07. The molecule has 2 aromatic heterocycles. The van der Waals surface area contributed by atoms with Gasteiger partial charge in [-0.25, -0.2) is 9.97 Å². The van der Waals surface area contributed by atoms with Gasteiger partial charge >= 0.3 is 0 Å². The number of hydrogen-bond acceptors (Lipinski definition) is 6. The summed E-state index contributed by atoms with van der Waals surface area (Å²) in [6.45, 7) is 1.82. The van der Waals surface area contributed by atoms with Crippen molar-refractivity contribution in [3.05, 3.63) is 58.7 Å². The van der Waals surface area contributed by atoms with Crippen LogP contribution in [-0.2, 0) is 0 Å². The first kappa shape index (κ1) is 14.0. The molecule has 3 rings (SSSR count). The molecule has 2 N–H and O–H groups in total. The molecule has 0 bridgehead atoms. The molecular weight excluding hydrogens is 282 g/mol. The monoisotopic (exact) mass is 295 g/mol. The number of aromatic nitrogens is 3. The molecule has 0 aliphatic heterocycles. The molecule has 0 spiro atoms. The summed E-state index contributed by atoms with van der Waals surface area (Å²) >= 11 is 0. The number of nitro groups is 1. The molecule has 110 valence electrons. The van der Waals surface area contributed by atoms with Crippen LogP contribution in [0.3, 0.4) is 0 Å². The number of nitrogens with zero attached hydrogens (tertiary/aromatic N) is 4. The first-order valence-corrected chi connectivity index (χ1v) is 6.67. The van der Waals surface area contributed by atoms with Crippen LogP contribution in [0.4, 0.5) is 5.69 Å². The zero-order valence-electron chi connectivity index (χ0n) is 11.8. The van der Waals surface area contributed by atoms with Gasteiger partial charge in [0, 0.05) is 41.8 Å². The first-order valence-electron chi connectivity index (χ1n) is 6.67. The second-order valence-electron chi connectivity index (χ2n) is 4.94. The van der Waals surface area contributed by atoms with E-state index >= 15 is 0 Å². The molecule has 22 heavy (non-hydrogen) atoms. The standard InChI is InChI=1S/C15H13N5O2/c1-9(16)11-7-18-15(19-8-11)13-3-2-10-6-17-5-4-12(10)14(13)20(21)22/h2-9H,16H2,1H3. The highest BCUT2D eigenvalue weighted by atomic mass is 16.6. The third-order valence-corrected chi connectivity index (χ3v) is 3.41. The van der Waals surface area contributed by atoms with Gasteiger partial charge in [-0.3, -0.25) is 15.1 Å². The second-order valence-corrected chi connectivity index (χ2v) is 4.94. The molecule has 1 aromatic carbocycles. The molecule has 2 heterocycles. The Hall–Kier alpha value is -2.93. The zero-order valence-corrected chi connectivity index (χ0v) is 11.8. The quantitative estimate of drug-likeness (QED) is 0.587. The van der Waals surface area contributed by atoms with Crippen LogP contribution in [0.2, 0.25) is 0 Å². The van der Waals surface area contributed by atoms with Gasteiger partial charge < -0.3 is 5.73 Å². The number of fused-ring (bicyclic) bond motifs is 1. The minimum Gasteiger partial charge on any atom is -0.324 e. The van der Waals surface area contributed by atoms with Crippen LogP contribution in [0.15, 0.2) is 43.0 Å². The predicted octanol–water partition coefficient (Wildman–Crippen LogP) is 2.62. The van der Waals surface area contributed by atoms with Gasteiger partial charge in [-0.05, 0) is 19.1 Å². The Bertz CT molecular complexity index is 846. The van der Waals surface area contributed by atoms with Crippen LogP contribution >= 0.6 is 0 Å². The number of rotatable bonds is 3. The number of benzene rings is 1. The molecule has 1 unspecified atom stereocenters. The van der Waals surface area contributed by atoms with E-state index in [2.05, 4.69) is 15.0 Å². The maximum atomic E-state index is 11.5. The molecule has 0 saturated heterocycles. The molecule has 0 saturated carbocycles. The lowest BCUT2D eigenvalue weighted by Crippen LogP contribution is -2.06. The van der Waals surface area contributed by atoms with Crippen molar-refractivity contribution in [1.82, 2.24) is 15.0 Å². The lowest BCUT2D eigenvalue weighted by molar-refractivity contribution is -0.382. The van der Waals surface area contributed by atoms with Crippen molar-refractivity contribution in [2.45, 2.75) is 13.0 Å². The van der Waals surface area contributed by atoms with Crippen molar-refractivity contribution in [1.29, 1.82) is 0 Å². The number of hydrogen-bond donors (Lipinski definition) is 1. The zero-order chi connectivity index (χ0) is 15.7. The minimum absolute atomic E-state index is 0.0200. The van der Waals surface area contributed by atoms with E-state index in [0.717, 1.165) is 5.56 Å². The second kappa shape index (κ2) is 5.45. The van der Waals surface area contributed by atoms with Gasteiger partial charge in [0.25, 0.3) is 5.69 Å². The van der Waals surface area contributed by atoms with Gasteiger partial charge in [0.15, 0.2) is 5.82 Å². The molecule has 0 aliphatic rings. The maximum Gasteiger partial charge on any atom is 0.288 e. The topological polar surface area (TPSA) is 108 Å². The van der Waals surface area contributed by atoms with Crippen LogP contribution in [0.25, 0.3) is 22.2 Å². The summed E-state index contributed by atoms with van der Waals surface area (Å²) < 4.78 is 0. The van der Waals surface area contributed by atoms with Crippen LogP contribution in [0, 0.1) is 10.1 Å². The molecule has 7 heteroatoms. The van der Waals surface area contributed by atoms with E-state index in [1.54, 1.807) is 36.8 Å². The number of nitro benzene ring substituents is 1. The Labute approximate surface area is 126 Å². The number of nitrogens with two attached hydrogens (primary N) is 1. The Morgan fingerprint density at radius 1 is 1.18 bits per heavy atom. The van der Waals surface area contributed by atoms with E-state index in [4.69, 9.17) is 5.73 Å². The molecule has 3 aromatic rings. The summed E-state index contributed by atoms with van der Waals surface area (Å²) in [4.78, 5) is 23.5. The fraction of sp³-hybridized carbons (Fsp3) is 0.133. The van der Waals surface area contributed by atoms with Crippen molar-refractivity contribution >= 4 is 16.5 Å². The summed E-state index contributed by atoms with van der Waals surface area (Å²) in [5, 5.41) is 12.7. The van der Waals surface area contributed by atoms with Crippen molar-refractivity contribution in [3.8, 4) is 11.4 Å². The van der Waals surface area contributed by atoms with E-state index in [9.17, 15) is 10.1 Å². The fourth-order valence-corrected chi connectivity index (χ4v) is 2.24. The van der Waals surface area contributed by atoms with E-state index < -0.39 is 4.92 Å². The maximum absolute atomic E-state index is 11.5. The van der Waals surface area contributed by atoms with Gasteiger partial charge in [-0.15, -0.1) is 0 Å². The average Bonchev–Trinajstić information content (AvgIpc) is 2.53. The third-order valence-electron chi connectivity index (χ3n) is 3.41. The summed E-state index contributed by atoms with van der Waals surface area (Å²) in [7, 11) is 0. The third kappa shape index (κ3) is 2.38. The van der Waals surface area contributed by atoms with Crippen molar-refractivity contribution in [2.75, 3.05) is 0 Å². The van der Waals surface area contributed by atoms with Crippen LogP contribution in [0.5, 0.6) is 0 Å². The molecule has 7 nitrogen and oxygen atoms in total. The van der Waals surface area contributed by atoms with Gasteiger partial charge in [0.05, 0.1) is 15.9 Å². The molecular formula is C15H13N5O2. The minimum atomic E-state index is -0.416. The van der Waals surface area contributed by atoms with Gasteiger partial charge in [0.2, 0.25) is 0 Å². The van der Waals surface area contributed by atoms with Crippen LogP contribution < -0.4 is 5.73 Å². The fourth-order valence-electron chi connectivity index (χ4n) is 2.24. The van der Waals surface area contributed by atoms with Crippen LogP contribution in [-0.4, -0.2) is 19.9 Å². The molecule has 0 amide bonds. The SMILES string of the molecule is CC(N)c1cnc(-c2ccc3cnccc3c2[N+](=O)[O-])nc1. The van der Waals surface area contributed by atoms with E-state index in [1.165, 1.54) is 6.20 Å². The summed E-state index contributed by atoms with van der Waals surface area (Å²) in [5.74, 6) is 0.301. The lowest BCUT2D eigenvalue weighted by atomic mass is 10.1. The Morgan fingerprint density at radius 2 is 1.91 bits per heavy atom. The normalized spacial score (nSPS) is 12.3. The summed E-state index contributed by atoms with van der Waals surface area (Å²) in [5.41, 5.74) is 6.89.